The van der Waals surface area contributed by atoms with Gasteiger partial charge in [0, 0.05) is 24.8 Å². The molecule has 15 heavy (non-hydrogen) atoms. The minimum atomic E-state index is 0.192. The van der Waals surface area contributed by atoms with Crippen molar-refractivity contribution in [3.05, 3.63) is 23.8 Å². The first kappa shape index (κ1) is 10.4. The number of fused-ring (bicyclic) bond motifs is 1. The summed E-state index contributed by atoms with van der Waals surface area (Å²) < 4.78 is 0. The Morgan fingerprint density at radius 2 is 2.27 bits per heavy atom. The zero-order valence-electron chi connectivity index (χ0n) is 8.66. The fraction of sp³-hybridized carbons (Fsp3) is 0.364. The lowest BCUT2D eigenvalue weighted by Gasteiger charge is -2.26. The van der Waals surface area contributed by atoms with Crippen molar-refractivity contribution in [2.24, 2.45) is 0 Å². The molecule has 1 aromatic rings. The van der Waals surface area contributed by atoms with Crippen LogP contribution in [-0.4, -0.2) is 18.8 Å². The van der Waals surface area contributed by atoms with Gasteiger partial charge in [0.15, 0.2) is 0 Å². The number of hydrogen-bond acceptors (Lipinski definition) is 3. The van der Waals surface area contributed by atoms with Gasteiger partial charge in [-0.3, -0.25) is 4.79 Å². The summed E-state index contributed by atoms with van der Waals surface area (Å²) in [5.41, 5.74) is 3.31. The Morgan fingerprint density at radius 3 is 3.00 bits per heavy atom. The fourth-order valence-corrected chi connectivity index (χ4v) is 2.04. The molecule has 2 rings (SSSR count). The van der Waals surface area contributed by atoms with Gasteiger partial charge in [0.25, 0.3) is 0 Å². The third kappa shape index (κ3) is 1.95. The molecule has 0 radical (unpaired) electrons. The van der Waals surface area contributed by atoms with Crippen molar-refractivity contribution in [3.8, 4) is 0 Å². The van der Waals surface area contributed by atoms with Crippen LogP contribution < -0.4 is 10.2 Å². The van der Waals surface area contributed by atoms with Crippen LogP contribution in [0.1, 0.15) is 12.0 Å². The largest absolute Gasteiger partial charge is 0.376 e. The first-order chi connectivity index (χ1) is 7.22. The maximum absolute atomic E-state index is 11.5. The molecule has 1 N–H and O–H groups in total. The van der Waals surface area contributed by atoms with E-state index in [9.17, 15) is 4.79 Å². The van der Waals surface area contributed by atoms with Crippen LogP contribution in [0, 0.1) is 0 Å². The highest BCUT2D eigenvalue weighted by Crippen LogP contribution is 2.29. The quantitative estimate of drug-likeness (QED) is 0.591. The summed E-state index contributed by atoms with van der Waals surface area (Å²) in [5, 5.41) is 3.14. The number of rotatable bonds is 2. The van der Waals surface area contributed by atoms with Crippen LogP contribution in [0.15, 0.2) is 18.2 Å². The van der Waals surface area contributed by atoms with Crippen molar-refractivity contribution in [2.45, 2.75) is 12.8 Å². The van der Waals surface area contributed by atoms with E-state index >= 15 is 0 Å². The number of aryl methyl sites for hydroxylation is 1. The summed E-state index contributed by atoms with van der Waals surface area (Å²) in [4.78, 5) is 13.2. The Bertz CT molecular complexity index is 392. The van der Waals surface area contributed by atoms with Gasteiger partial charge in [-0.25, -0.2) is 0 Å². The molecule has 0 fully saturated rings. The number of hydrogen-bond donors (Lipinski definition) is 2. The van der Waals surface area contributed by atoms with Gasteiger partial charge in [0.05, 0.1) is 5.88 Å². The molecule has 0 aromatic heterocycles. The molecule has 0 atom stereocenters. The molecule has 3 nitrogen and oxygen atoms in total. The van der Waals surface area contributed by atoms with Crippen LogP contribution in [0.5, 0.6) is 0 Å². The van der Waals surface area contributed by atoms with E-state index in [1.54, 1.807) is 4.90 Å². The number of nitrogens with zero attached hydrogens (tertiary/aromatic N) is 1. The lowest BCUT2D eigenvalue weighted by Crippen LogP contribution is -2.31. The van der Waals surface area contributed by atoms with Gasteiger partial charge < -0.3 is 10.2 Å². The predicted octanol–water partition coefficient (Wildman–Crippen LogP) is 1.89. The van der Waals surface area contributed by atoms with Gasteiger partial charge in [0.1, 0.15) is 0 Å². The lowest BCUT2D eigenvalue weighted by atomic mass is 10.0. The number of anilines is 2. The van der Waals surface area contributed by atoms with E-state index in [-0.39, 0.29) is 5.91 Å². The van der Waals surface area contributed by atoms with E-state index in [0.717, 1.165) is 17.8 Å². The van der Waals surface area contributed by atoms with Crippen LogP contribution in [0.4, 0.5) is 11.4 Å². The van der Waals surface area contributed by atoms with Crippen LogP contribution in [0.25, 0.3) is 0 Å². The van der Waals surface area contributed by atoms with Crippen LogP contribution in [0.3, 0.4) is 0 Å². The van der Waals surface area contributed by atoms with Crippen molar-refractivity contribution in [1.82, 2.24) is 0 Å². The number of nitrogens with one attached hydrogen (secondary N) is 1. The molecule has 1 aliphatic heterocycles. The normalized spacial score (nSPS) is 15.1. The van der Waals surface area contributed by atoms with Crippen LogP contribution >= 0.6 is 12.6 Å². The average Bonchev–Trinajstić information content (AvgIpc) is 2.24. The summed E-state index contributed by atoms with van der Waals surface area (Å²) >= 11 is 4.11. The van der Waals surface area contributed by atoms with Gasteiger partial charge in [-0.2, -0.15) is 12.6 Å². The molecule has 0 bridgehead atoms. The number of carbonyl (C=O) groups is 1. The Labute approximate surface area is 94.9 Å². The van der Waals surface area contributed by atoms with E-state index in [4.69, 9.17) is 0 Å². The van der Waals surface area contributed by atoms with Gasteiger partial charge in [-0.1, -0.05) is 0 Å². The first-order valence-electron chi connectivity index (χ1n) is 4.96. The Balaban J connectivity index is 2.34. The molecule has 4 heteroatoms. The van der Waals surface area contributed by atoms with Gasteiger partial charge >= 0.3 is 0 Å². The Morgan fingerprint density at radius 1 is 1.47 bits per heavy atom. The second-order valence-corrected chi connectivity index (χ2v) is 3.95. The van der Waals surface area contributed by atoms with Crippen LogP contribution in [-0.2, 0) is 11.2 Å². The molecule has 80 valence electrons. The minimum absolute atomic E-state index is 0.192. The minimum Gasteiger partial charge on any atom is -0.376 e. The van der Waals surface area contributed by atoms with Gasteiger partial charge in [-0.15, -0.1) is 0 Å². The van der Waals surface area contributed by atoms with Gasteiger partial charge in [-0.05, 0) is 30.2 Å². The molecule has 0 unspecified atom stereocenters. The summed E-state index contributed by atoms with van der Waals surface area (Å²) in [6.45, 7) is 0. The third-order valence-electron chi connectivity index (χ3n) is 2.71. The molecular weight excluding hydrogens is 208 g/mol. The Hall–Kier alpha value is -1.16. The van der Waals surface area contributed by atoms with E-state index in [2.05, 4.69) is 24.0 Å². The summed E-state index contributed by atoms with van der Waals surface area (Å²) in [7, 11) is 1.83. The van der Waals surface area contributed by atoms with E-state index in [1.165, 1.54) is 5.56 Å². The monoisotopic (exact) mass is 222 g/mol. The highest BCUT2D eigenvalue weighted by atomic mass is 32.1. The summed E-state index contributed by atoms with van der Waals surface area (Å²) in [6, 6.07) is 6.05. The Kier molecular flexibility index (Phi) is 2.86. The zero-order valence-corrected chi connectivity index (χ0v) is 9.55. The van der Waals surface area contributed by atoms with Crippen molar-refractivity contribution in [3.63, 3.8) is 0 Å². The highest BCUT2D eigenvalue weighted by Gasteiger charge is 2.20. The van der Waals surface area contributed by atoms with E-state index in [1.807, 2.05) is 19.2 Å². The molecule has 0 saturated carbocycles. The smallest absolute Gasteiger partial charge is 0.227 e. The fourth-order valence-electron chi connectivity index (χ4n) is 1.86. The van der Waals surface area contributed by atoms with E-state index in [0.29, 0.717) is 12.3 Å². The molecular formula is C11H14N2OS. The van der Waals surface area contributed by atoms with Crippen molar-refractivity contribution < 1.29 is 4.79 Å². The SMILES string of the molecule is CN1C(=O)CCc2cc(NCS)ccc21. The second-order valence-electron chi connectivity index (χ2n) is 3.63. The molecule has 0 spiro atoms. The summed E-state index contributed by atoms with van der Waals surface area (Å²) in [5.74, 6) is 0.811. The number of carbonyl (C=O) groups excluding carboxylic acids is 1. The number of amides is 1. The van der Waals surface area contributed by atoms with Crippen molar-refractivity contribution in [2.75, 3.05) is 23.1 Å². The van der Waals surface area contributed by atoms with Crippen molar-refractivity contribution in [1.29, 1.82) is 0 Å². The standard InChI is InChI=1S/C11H14N2OS/c1-13-10-4-3-9(12-7-15)6-8(10)2-5-11(13)14/h3-4,6,12,15H,2,5,7H2,1H3. The second kappa shape index (κ2) is 4.14. The first-order valence-corrected chi connectivity index (χ1v) is 5.60. The third-order valence-corrected chi connectivity index (χ3v) is 2.86. The molecule has 1 amide bonds. The molecule has 1 aromatic carbocycles. The maximum Gasteiger partial charge on any atom is 0.227 e. The van der Waals surface area contributed by atoms with Gasteiger partial charge in [0.2, 0.25) is 5.91 Å². The topological polar surface area (TPSA) is 32.3 Å². The molecule has 1 aliphatic rings. The lowest BCUT2D eigenvalue weighted by molar-refractivity contribution is -0.118. The highest BCUT2D eigenvalue weighted by molar-refractivity contribution is 7.80. The van der Waals surface area contributed by atoms with E-state index < -0.39 is 0 Å². The molecule has 1 heterocycles. The maximum atomic E-state index is 11.5. The predicted molar refractivity (Wildman–Crippen MR) is 65.6 cm³/mol. The number of benzene rings is 1. The number of thiol groups is 1. The molecule has 0 saturated heterocycles. The van der Waals surface area contributed by atoms with Crippen molar-refractivity contribution >= 4 is 29.9 Å². The summed E-state index contributed by atoms with van der Waals surface area (Å²) in [6.07, 6.45) is 1.44. The zero-order chi connectivity index (χ0) is 10.8. The molecule has 0 aliphatic carbocycles. The van der Waals surface area contributed by atoms with Crippen LogP contribution in [0.2, 0.25) is 0 Å². The average molecular weight is 222 g/mol.